The molecule has 0 aliphatic carbocycles. The summed E-state index contributed by atoms with van der Waals surface area (Å²) in [5.41, 5.74) is 8.93. The maximum atomic E-state index is 13.0. The summed E-state index contributed by atoms with van der Waals surface area (Å²) in [4.78, 5) is 3.43. The van der Waals surface area contributed by atoms with Crippen molar-refractivity contribution in [3.05, 3.63) is 74.6 Å². The lowest BCUT2D eigenvalue weighted by Crippen LogP contribution is -2.61. The zero-order chi connectivity index (χ0) is 24.3. The fourth-order valence-corrected chi connectivity index (χ4v) is 5.22. The summed E-state index contributed by atoms with van der Waals surface area (Å²) in [7, 11) is 0. The van der Waals surface area contributed by atoms with Crippen LogP contribution in [0.4, 0.5) is 13.2 Å². The number of fused-ring (bicyclic) bond motifs is 1. The van der Waals surface area contributed by atoms with E-state index >= 15 is 0 Å². The van der Waals surface area contributed by atoms with Crippen molar-refractivity contribution in [2.75, 3.05) is 13.2 Å². The van der Waals surface area contributed by atoms with Gasteiger partial charge in [0.1, 0.15) is 30.4 Å². The Balaban J connectivity index is 1.62. The van der Waals surface area contributed by atoms with E-state index in [0.717, 1.165) is 11.8 Å². The van der Waals surface area contributed by atoms with Crippen molar-refractivity contribution in [2.24, 2.45) is 5.11 Å². The second kappa shape index (κ2) is 10.9. The average Bonchev–Trinajstić information content (AvgIpc) is 2.81. The van der Waals surface area contributed by atoms with Gasteiger partial charge in [0.15, 0.2) is 6.29 Å². The van der Waals surface area contributed by atoms with Crippen molar-refractivity contribution in [1.82, 2.24) is 0 Å². The molecule has 0 aromatic heterocycles. The van der Waals surface area contributed by atoms with Crippen LogP contribution in [-0.4, -0.2) is 49.2 Å². The minimum absolute atomic E-state index is 0.0755. The van der Waals surface area contributed by atoms with Crippen LogP contribution in [-0.2, 0) is 18.9 Å². The van der Waals surface area contributed by atoms with E-state index in [1.807, 2.05) is 6.07 Å². The van der Waals surface area contributed by atoms with Crippen LogP contribution >= 0.6 is 35.0 Å². The second-order valence-corrected chi connectivity index (χ2v) is 9.49. The Hall–Kier alpha value is -1.69. The van der Waals surface area contributed by atoms with Gasteiger partial charge in [-0.2, -0.15) is 13.2 Å². The van der Waals surface area contributed by atoms with Crippen LogP contribution in [0.1, 0.15) is 11.9 Å². The van der Waals surface area contributed by atoms with Crippen LogP contribution in [0.5, 0.6) is 0 Å². The van der Waals surface area contributed by atoms with Crippen molar-refractivity contribution >= 4 is 35.0 Å². The summed E-state index contributed by atoms with van der Waals surface area (Å²) >= 11 is 13.1. The predicted molar refractivity (Wildman–Crippen MR) is 120 cm³/mol. The molecular formula is C21H18Cl2F3N3O4S. The highest BCUT2D eigenvalue weighted by atomic mass is 35.5. The maximum absolute atomic E-state index is 13.0. The molecule has 3 unspecified atom stereocenters. The summed E-state index contributed by atoms with van der Waals surface area (Å²) in [5, 5.41) is 4.37. The molecule has 2 aliphatic heterocycles. The SMILES string of the molecule is [N-]=[N+]=N[C@@H]1C(OCC(F)(F)F)[C@@H](Sc2ccc(Cl)c(Cl)c2)OC2COC(c3ccccc3)O[C@@H]21. The van der Waals surface area contributed by atoms with E-state index in [0.29, 0.717) is 15.5 Å². The van der Waals surface area contributed by atoms with Crippen molar-refractivity contribution < 1.29 is 32.1 Å². The minimum atomic E-state index is -4.60. The Bertz CT molecular complexity index is 1050. The number of hydrogen-bond acceptors (Lipinski definition) is 6. The molecule has 0 amide bonds. The van der Waals surface area contributed by atoms with Gasteiger partial charge in [-0.1, -0.05) is 70.4 Å². The molecule has 2 aliphatic rings. The first-order valence-electron chi connectivity index (χ1n) is 10.1. The monoisotopic (exact) mass is 535 g/mol. The van der Waals surface area contributed by atoms with Gasteiger partial charge >= 0.3 is 6.18 Å². The van der Waals surface area contributed by atoms with Crippen LogP contribution in [0.2, 0.25) is 10.0 Å². The molecule has 0 N–H and O–H groups in total. The molecule has 2 saturated heterocycles. The normalized spacial score (nSPS) is 29.2. The average molecular weight is 536 g/mol. The standard InChI is InChI=1S/C21H18Cl2F3N3O4S/c22-13-7-6-12(8-14(13)23)34-20-18(31-10-21(24,25)26)16(28-29-27)17-15(32-20)9-30-19(33-17)11-4-2-1-3-5-11/h1-8,15-20H,9-10H2/t15?,16-,17-,18?,19?,20+/m0/s1. The molecule has 4 rings (SSSR count). The first-order valence-corrected chi connectivity index (χ1v) is 11.7. The molecule has 34 heavy (non-hydrogen) atoms. The number of azide groups is 1. The topological polar surface area (TPSA) is 85.7 Å². The smallest absolute Gasteiger partial charge is 0.365 e. The number of rotatable bonds is 6. The third kappa shape index (κ3) is 6.10. The highest BCUT2D eigenvalue weighted by Gasteiger charge is 2.51. The minimum Gasteiger partial charge on any atom is -0.365 e. The molecular weight excluding hydrogens is 518 g/mol. The van der Waals surface area contributed by atoms with Crippen LogP contribution in [0, 0.1) is 0 Å². The van der Waals surface area contributed by atoms with Gasteiger partial charge in [0, 0.05) is 15.4 Å². The number of hydrogen-bond donors (Lipinski definition) is 0. The molecule has 2 fully saturated rings. The van der Waals surface area contributed by atoms with E-state index in [9.17, 15) is 18.7 Å². The third-order valence-corrected chi connectivity index (χ3v) is 7.03. The van der Waals surface area contributed by atoms with Gasteiger partial charge in [-0.3, -0.25) is 0 Å². The molecule has 0 bridgehead atoms. The summed E-state index contributed by atoms with van der Waals surface area (Å²) < 4.78 is 62.2. The Labute approximate surface area is 207 Å². The second-order valence-electron chi connectivity index (χ2n) is 7.50. The molecule has 182 valence electrons. The number of thioether (sulfide) groups is 1. The van der Waals surface area contributed by atoms with Crippen LogP contribution in [0.3, 0.4) is 0 Å². The first kappa shape index (κ1) is 25.4. The van der Waals surface area contributed by atoms with Crippen LogP contribution in [0.15, 0.2) is 58.5 Å². The summed E-state index contributed by atoms with van der Waals surface area (Å²) in [6.07, 6.45) is -8.27. The largest absolute Gasteiger partial charge is 0.411 e. The van der Waals surface area contributed by atoms with E-state index in [-0.39, 0.29) is 11.6 Å². The van der Waals surface area contributed by atoms with E-state index in [1.54, 1.807) is 42.5 Å². The fourth-order valence-electron chi connectivity index (χ4n) is 3.68. The molecule has 2 aromatic carbocycles. The lowest BCUT2D eigenvalue weighted by atomic mass is 9.96. The fraction of sp³-hybridized carbons (Fsp3) is 0.429. The van der Waals surface area contributed by atoms with Crippen LogP contribution < -0.4 is 0 Å². The van der Waals surface area contributed by atoms with Gasteiger partial charge in [-0.05, 0) is 23.7 Å². The third-order valence-electron chi connectivity index (χ3n) is 5.15. The Morgan fingerprint density at radius 2 is 1.88 bits per heavy atom. The van der Waals surface area contributed by atoms with Gasteiger partial charge in [0.2, 0.25) is 0 Å². The highest BCUT2D eigenvalue weighted by molar-refractivity contribution is 7.99. The maximum Gasteiger partial charge on any atom is 0.411 e. The van der Waals surface area contributed by atoms with Gasteiger partial charge in [0.25, 0.3) is 0 Å². The molecule has 0 saturated carbocycles. The van der Waals surface area contributed by atoms with Gasteiger partial charge in [0.05, 0.1) is 22.7 Å². The van der Waals surface area contributed by atoms with E-state index in [2.05, 4.69) is 10.0 Å². The summed E-state index contributed by atoms with van der Waals surface area (Å²) in [5.74, 6) is 0. The predicted octanol–water partition coefficient (Wildman–Crippen LogP) is 6.55. The van der Waals surface area contributed by atoms with Gasteiger partial charge < -0.3 is 18.9 Å². The van der Waals surface area contributed by atoms with Crippen LogP contribution in [0.25, 0.3) is 10.4 Å². The number of benzene rings is 2. The van der Waals surface area contributed by atoms with Crippen molar-refractivity contribution in [3.8, 4) is 0 Å². The van der Waals surface area contributed by atoms with Gasteiger partial charge in [-0.25, -0.2) is 0 Å². The number of nitrogens with zero attached hydrogens (tertiary/aromatic N) is 3. The lowest BCUT2D eigenvalue weighted by Gasteiger charge is -2.48. The zero-order valence-corrected chi connectivity index (χ0v) is 19.6. The zero-order valence-electron chi connectivity index (χ0n) is 17.3. The van der Waals surface area contributed by atoms with Crippen molar-refractivity contribution in [1.29, 1.82) is 0 Å². The molecule has 2 aromatic rings. The number of alkyl halides is 3. The highest BCUT2D eigenvalue weighted by Crippen LogP contribution is 2.42. The van der Waals surface area contributed by atoms with Crippen molar-refractivity contribution in [3.63, 3.8) is 0 Å². The molecule has 6 atom stereocenters. The quantitative estimate of drug-likeness (QED) is 0.238. The Morgan fingerprint density at radius 3 is 2.56 bits per heavy atom. The summed E-state index contributed by atoms with van der Waals surface area (Å²) in [6, 6.07) is 12.7. The molecule has 0 spiro atoms. The van der Waals surface area contributed by atoms with E-state index < -0.39 is 48.9 Å². The first-order chi connectivity index (χ1) is 16.2. The van der Waals surface area contributed by atoms with Gasteiger partial charge in [-0.15, -0.1) is 0 Å². The lowest BCUT2D eigenvalue weighted by molar-refractivity contribution is -0.305. The number of ether oxygens (including phenoxy) is 4. The summed E-state index contributed by atoms with van der Waals surface area (Å²) in [6.45, 7) is -1.47. The van der Waals surface area contributed by atoms with E-state index in [4.69, 9.17) is 42.1 Å². The molecule has 0 radical (unpaired) electrons. The van der Waals surface area contributed by atoms with E-state index in [1.165, 1.54) is 0 Å². The Kier molecular flexibility index (Phi) is 8.16. The Morgan fingerprint density at radius 1 is 1.12 bits per heavy atom. The number of halogens is 5. The molecule has 7 nitrogen and oxygen atoms in total. The molecule has 13 heteroatoms. The molecule has 2 heterocycles. The van der Waals surface area contributed by atoms with Crippen molar-refractivity contribution in [2.45, 2.75) is 47.2 Å².